The molecule has 0 radical (unpaired) electrons. The smallest absolute Gasteiger partial charge is 0.293 e. The number of amides is 1. The van der Waals surface area contributed by atoms with Gasteiger partial charge >= 0.3 is 0 Å². The van der Waals surface area contributed by atoms with Crippen molar-refractivity contribution in [3.63, 3.8) is 0 Å². The van der Waals surface area contributed by atoms with Crippen molar-refractivity contribution < 1.29 is 17.6 Å². The van der Waals surface area contributed by atoms with Gasteiger partial charge < -0.3 is 9.32 Å². The van der Waals surface area contributed by atoms with Gasteiger partial charge in [0.1, 0.15) is 0 Å². The largest absolute Gasteiger partial charge is 0.459 e. The first-order chi connectivity index (χ1) is 11.4. The summed E-state index contributed by atoms with van der Waals surface area (Å²) in [6.45, 7) is 3.87. The molecule has 0 bridgehead atoms. The fourth-order valence-corrected chi connectivity index (χ4v) is 3.38. The van der Waals surface area contributed by atoms with Gasteiger partial charge in [-0.25, -0.2) is 8.42 Å². The Balaban J connectivity index is 1.89. The van der Waals surface area contributed by atoms with Crippen LogP contribution in [0.15, 0.2) is 41.0 Å². The zero-order chi connectivity index (χ0) is 17.3. The molecule has 0 saturated heterocycles. The first-order valence-corrected chi connectivity index (χ1v) is 9.43. The normalized spacial score (nSPS) is 14.5. The minimum absolute atomic E-state index is 0.184. The maximum absolute atomic E-state index is 12.5. The molecule has 1 N–H and O–H groups in total. The Morgan fingerprint density at radius 2 is 2.08 bits per heavy atom. The summed E-state index contributed by atoms with van der Waals surface area (Å²) >= 11 is 0. The van der Waals surface area contributed by atoms with Gasteiger partial charge in [-0.1, -0.05) is 0 Å². The highest BCUT2D eigenvalue weighted by molar-refractivity contribution is 7.93. The molecule has 1 aromatic heterocycles. The lowest BCUT2D eigenvalue weighted by Crippen LogP contribution is -2.35. The van der Waals surface area contributed by atoms with Crippen LogP contribution in [0.1, 0.15) is 36.4 Å². The minimum atomic E-state index is -3.39. The molecule has 7 heteroatoms. The molecule has 0 fully saturated rings. The van der Waals surface area contributed by atoms with E-state index in [1.165, 1.54) is 6.26 Å². The molecule has 0 spiro atoms. The van der Waals surface area contributed by atoms with Crippen molar-refractivity contribution in [1.29, 1.82) is 0 Å². The third kappa shape index (κ3) is 3.17. The summed E-state index contributed by atoms with van der Waals surface area (Å²) in [5, 5.41) is -0.509. The summed E-state index contributed by atoms with van der Waals surface area (Å²) in [7, 11) is -3.39. The van der Waals surface area contributed by atoms with Crippen molar-refractivity contribution in [3.8, 4) is 0 Å². The number of rotatable bonds is 4. The number of furan rings is 1. The molecule has 1 aliphatic heterocycles. The van der Waals surface area contributed by atoms with E-state index in [0.717, 1.165) is 24.1 Å². The van der Waals surface area contributed by atoms with E-state index < -0.39 is 15.3 Å². The molecule has 1 aliphatic rings. The number of nitrogens with one attached hydrogen (secondary N) is 1. The van der Waals surface area contributed by atoms with Crippen LogP contribution in [0.5, 0.6) is 0 Å². The molecule has 0 unspecified atom stereocenters. The highest BCUT2D eigenvalue weighted by atomic mass is 32.2. The SMILES string of the molecule is CC(C)S(=O)(=O)Nc1ccc2c(c1)CCCN2C(=O)c1ccco1. The van der Waals surface area contributed by atoms with E-state index >= 15 is 0 Å². The molecule has 2 heterocycles. The van der Waals surface area contributed by atoms with E-state index in [4.69, 9.17) is 4.42 Å². The van der Waals surface area contributed by atoms with Gasteiger partial charge in [0, 0.05) is 17.9 Å². The standard InChI is InChI=1S/C17H20N2O4S/c1-12(2)24(21,22)18-14-7-8-15-13(11-14)5-3-9-19(15)17(20)16-6-4-10-23-16/h4,6-8,10-12,18H,3,5,9H2,1-2H3. The molecule has 24 heavy (non-hydrogen) atoms. The van der Waals surface area contributed by atoms with Crippen LogP contribution >= 0.6 is 0 Å². The quantitative estimate of drug-likeness (QED) is 0.921. The number of benzene rings is 1. The number of hydrogen-bond donors (Lipinski definition) is 1. The summed E-state index contributed by atoms with van der Waals surface area (Å²) < 4.78 is 31.8. The first kappa shape index (κ1) is 16.6. The van der Waals surface area contributed by atoms with Crippen molar-refractivity contribution in [2.75, 3.05) is 16.2 Å². The van der Waals surface area contributed by atoms with Gasteiger partial charge in [-0.05, 0) is 62.6 Å². The lowest BCUT2D eigenvalue weighted by Gasteiger charge is -2.29. The summed E-state index contributed by atoms with van der Waals surface area (Å²) in [5.41, 5.74) is 2.27. The molecule has 0 atom stereocenters. The van der Waals surface area contributed by atoms with Gasteiger partial charge in [-0.15, -0.1) is 0 Å². The van der Waals surface area contributed by atoms with Crippen molar-refractivity contribution in [1.82, 2.24) is 0 Å². The first-order valence-electron chi connectivity index (χ1n) is 7.88. The van der Waals surface area contributed by atoms with Gasteiger partial charge in [-0.3, -0.25) is 9.52 Å². The van der Waals surface area contributed by atoms with Crippen LogP contribution in [0.4, 0.5) is 11.4 Å². The molecule has 0 saturated carbocycles. The Kier molecular flexibility index (Phi) is 4.36. The van der Waals surface area contributed by atoms with E-state index in [2.05, 4.69) is 4.72 Å². The summed E-state index contributed by atoms with van der Waals surface area (Å²) in [6, 6.07) is 8.60. The predicted molar refractivity (Wildman–Crippen MR) is 92.8 cm³/mol. The maximum Gasteiger partial charge on any atom is 0.293 e. The number of carbonyl (C=O) groups excluding carboxylic acids is 1. The number of hydrogen-bond acceptors (Lipinski definition) is 4. The number of carbonyl (C=O) groups is 1. The number of nitrogens with zero attached hydrogens (tertiary/aromatic N) is 1. The van der Waals surface area contributed by atoms with Crippen LogP contribution < -0.4 is 9.62 Å². The lowest BCUT2D eigenvalue weighted by molar-refractivity contribution is 0.0958. The highest BCUT2D eigenvalue weighted by Gasteiger charge is 2.26. The zero-order valence-corrected chi connectivity index (χ0v) is 14.5. The third-order valence-corrected chi connectivity index (χ3v) is 5.82. The maximum atomic E-state index is 12.5. The second kappa shape index (κ2) is 6.32. The Bertz CT molecular complexity index is 841. The highest BCUT2D eigenvalue weighted by Crippen LogP contribution is 2.31. The Hall–Kier alpha value is -2.28. The van der Waals surface area contributed by atoms with Crippen LogP contribution in [0, 0.1) is 0 Å². The fraction of sp³-hybridized carbons (Fsp3) is 0.353. The molecular weight excluding hydrogens is 328 g/mol. The number of sulfonamides is 1. The van der Waals surface area contributed by atoms with E-state index in [1.807, 2.05) is 0 Å². The predicted octanol–water partition coefficient (Wildman–Crippen LogP) is 3.02. The van der Waals surface area contributed by atoms with Gasteiger partial charge in [0.25, 0.3) is 5.91 Å². The molecule has 3 rings (SSSR count). The Morgan fingerprint density at radius 1 is 1.29 bits per heavy atom. The van der Waals surface area contributed by atoms with Gasteiger partial charge in [0.05, 0.1) is 11.5 Å². The zero-order valence-electron chi connectivity index (χ0n) is 13.7. The molecule has 2 aromatic rings. The Morgan fingerprint density at radius 3 is 2.75 bits per heavy atom. The van der Waals surface area contributed by atoms with Crippen LogP contribution in [0.2, 0.25) is 0 Å². The van der Waals surface area contributed by atoms with Crippen LogP contribution in [-0.2, 0) is 16.4 Å². The molecule has 0 aliphatic carbocycles. The van der Waals surface area contributed by atoms with Crippen molar-refractivity contribution in [2.45, 2.75) is 31.9 Å². The summed E-state index contributed by atoms with van der Waals surface area (Å²) in [4.78, 5) is 14.2. The molecule has 1 amide bonds. The second-order valence-corrected chi connectivity index (χ2v) is 8.31. The monoisotopic (exact) mass is 348 g/mol. The van der Waals surface area contributed by atoms with E-state index in [0.29, 0.717) is 18.0 Å². The minimum Gasteiger partial charge on any atom is -0.459 e. The number of anilines is 2. The van der Waals surface area contributed by atoms with Gasteiger partial charge in [0.15, 0.2) is 5.76 Å². The topological polar surface area (TPSA) is 79.6 Å². The third-order valence-electron chi connectivity index (χ3n) is 4.06. The number of fused-ring (bicyclic) bond motifs is 1. The van der Waals surface area contributed by atoms with Gasteiger partial charge in [0.2, 0.25) is 10.0 Å². The summed E-state index contributed by atoms with van der Waals surface area (Å²) in [6.07, 6.45) is 3.09. The second-order valence-electron chi connectivity index (χ2n) is 6.08. The van der Waals surface area contributed by atoms with Crippen LogP contribution in [0.25, 0.3) is 0 Å². The van der Waals surface area contributed by atoms with Crippen LogP contribution in [-0.4, -0.2) is 26.1 Å². The fourth-order valence-electron chi connectivity index (χ4n) is 2.69. The average Bonchev–Trinajstić information content (AvgIpc) is 3.07. The lowest BCUT2D eigenvalue weighted by atomic mass is 10.0. The van der Waals surface area contributed by atoms with E-state index in [1.54, 1.807) is 49.1 Å². The average molecular weight is 348 g/mol. The number of aryl methyl sites for hydroxylation is 1. The van der Waals surface area contributed by atoms with Gasteiger partial charge in [-0.2, -0.15) is 0 Å². The van der Waals surface area contributed by atoms with E-state index in [9.17, 15) is 13.2 Å². The molecule has 6 nitrogen and oxygen atoms in total. The van der Waals surface area contributed by atoms with Crippen LogP contribution in [0.3, 0.4) is 0 Å². The van der Waals surface area contributed by atoms with Crippen molar-refractivity contribution in [2.24, 2.45) is 0 Å². The molecule has 128 valence electrons. The van der Waals surface area contributed by atoms with Crippen molar-refractivity contribution in [3.05, 3.63) is 47.9 Å². The molecular formula is C17H20N2O4S. The van der Waals surface area contributed by atoms with Crippen molar-refractivity contribution >= 4 is 27.3 Å². The Labute approximate surface area is 141 Å². The summed E-state index contributed by atoms with van der Waals surface area (Å²) in [5.74, 6) is 0.115. The molecule has 1 aromatic carbocycles. The van der Waals surface area contributed by atoms with E-state index in [-0.39, 0.29) is 5.91 Å².